The van der Waals surface area contributed by atoms with Gasteiger partial charge in [-0.05, 0) is 21.8 Å². The normalized spacial score (nSPS) is 10.8. The van der Waals surface area contributed by atoms with Gasteiger partial charge in [-0.25, -0.2) is 9.78 Å². The van der Waals surface area contributed by atoms with Crippen LogP contribution in [0.3, 0.4) is 0 Å². The molecule has 0 aliphatic heterocycles. The van der Waals surface area contributed by atoms with Gasteiger partial charge in [0.2, 0.25) is 0 Å². The average molecular weight is 247 g/mol. The number of carbonyl (C=O) groups is 1. The Hall–Kier alpha value is -0.840. The number of aromatic carboxylic acids is 1. The zero-order valence-corrected chi connectivity index (χ0v) is 9.08. The highest BCUT2D eigenvalue weighted by molar-refractivity contribution is 9.10. The smallest absolute Gasteiger partial charge is 0.356 e. The van der Waals surface area contributed by atoms with Gasteiger partial charge in [0.15, 0.2) is 10.4 Å². The number of carboxylic acids is 1. The number of hydrogen-bond donors (Lipinski definition) is 1. The second-order valence-corrected chi connectivity index (χ2v) is 3.96. The molecule has 0 unspecified atom stereocenters. The minimum atomic E-state index is -0.997. The van der Waals surface area contributed by atoms with Crippen molar-refractivity contribution in [3.63, 3.8) is 0 Å². The Morgan fingerprint density at radius 2 is 2.38 bits per heavy atom. The minimum absolute atomic E-state index is 0.0764. The first kappa shape index (κ1) is 10.2. The molecular weight excluding hydrogens is 236 g/mol. The number of aromatic nitrogens is 2. The Morgan fingerprint density at radius 1 is 1.77 bits per heavy atom. The van der Waals surface area contributed by atoms with Crippen LogP contribution >= 0.6 is 15.9 Å². The highest BCUT2D eigenvalue weighted by Crippen LogP contribution is 2.12. The molecular formula is C8H11BrN2O2. The van der Waals surface area contributed by atoms with Crippen molar-refractivity contribution in [2.45, 2.75) is 20.4 Å². The summed E-state index contributed by atoms with van der Waals surface area (Å²) in [6.45, 7) is 4.89. The molecule has 0 amide bonds. The van der Waals surface area contributed by atoms with Gasteiger partial charge in [0.1, 0.15) is 0 Å². The predicted molar refractivity (Wildman–Crippen MR) is 51.7 cm³/mol. The molecule has 1 aromatic heterocycles. The summed E-state index contributed by atoms with van der Waals surface area (Å²) in [5, 5.41) is 8.66. The van der Waals surface area contributed by atoms with Crippen molar-refractivity contribution in [2.24, 2.45) is 5.92 Å². The Morgan fingerprint density at radius 3 is 2.77 bits per heavy atom. The summed E-state index contributed by atoms with van der Waals surface area (Å²) in [4.78, 5) is 14.4. The third-order valence-corrected chi connectivity index (χ3v) is 2.14. The Balaban J connectivity index is 2.90. The van der Waals surface area contributed by atoms with Crippen LogP contribution in [0.2, 0.25) is 0 Å². The molecule has 1 heterocycles. The second-order valence-electron chi connectivity index (χ2n) is 3.25. The van der Waals surface area contributed by atoms with Crippen molar-refractivity contribution in [2.75, 3.05) is 0 Å². The molecule has 5 heteroatoms. The molecule has 0 aromatic carbocycles. The van der Waals surface area contributed by atoms with Crippen LogP contribution in [-0.2, 0) is 6.54 Å². The van der Waals surface area contributed by atoms with Crippen molar-refractivity contribution in [1.29, 1.82) is 0 Å². The zero-order chi connectivity index (χ0) is 10.0. The minimum Gasteiger partial charge on any atom is -0.476 e. The molecule has 13 heavy (non-hydrogen) atoms. The fourth-order valence-electron chi connectivity index (χ4n) is 1.02. The van der Waals surface area contributed by atoms with E-state index in [0.717, 1.165) is 6.54 Å². The lowest BCUT2D eigenvalue weighted by Crippen LogP contribution is -2.03. The molecule has 0 saturated heterocycles. The van der Waals surface area contributed by atoms with Crippen molar-refractivity contribution < 1.29 is 9.90 Å². The molecule has 0 bridgehead atoms. The van der Waals surface area contributed by atoms with E-state index in [4.69, 9.17) is 5.11 Å². The SMILES string of the molecule is CC(C)Cn1cc(C(=O)O)nc1Br. The van der Waals surface area contributed by atoms with Crippen LogP contribution in [-0.4, -0.2) is 20.6 Å². The number of halogens is 1. The lowest BCUT2D eigenvalue weighted by molar-refractivity contribution is 0.0691. The maximum Gasteiger partial charge on any atom is 0.356 e. The van der Waals surface area contributed by atoms with Crippen molar-refractivity contribution in [3.8, 4) is 0 Å². The topological polar surface area (TPSA) is 55.1 Å². The number of carboxylic acid groups (broad SMARTS) is 1. The Labute approximate surface area is 84.7 Å². The molecule has 0 aliphatic carbocycles. The predicted octanol–water partition coefficient (Wildman–Crippen LogP) is 2.00. The van der Waals surface area contributed by atoms with E-state index in [1.807, 2.05) is 0 Å². The molecule has 0 aliphatic rings. The van der Waals surface area contributed by atoms with E-state index in [1.54, 1.807) is 4.57 Å². The van der Waals surface area contributed by atoms with Crippen LogP contribution in [0.1, 0.15) is 24.3 Å². The van der Waals surface area contributed by atoms with E-state index < -0.39 is 5.97 Å². The lowest BCUT2D eigenvalue weighted by atomic mass is 10.2. The molecule has 1 N–H and O–H groups in total. The van der Waals surface area contributed by atoms with E-state index in [9.17, 15) is 4.79 Å². The molecule has 0 atom stereocenters. The molecule has 72 valence electrons. The van der Waals surface area contributed by atoms with E-state index >= 15 is 0 Å². The quantitative estimate of drug-likeness (QED) is 0.888. The maximum atomic E-state index is 10.6. The zero-order valence-electron chi connectivity index (χ0n) is 7.49. The van der Waals surface area contributed by atoms with E-state index in [-0.39, 0.29) is 5.69 Å². The first-order valence-corrected chi connectivity index (χ1v) is 4.76. The summed E-state index contributed by atoms with van der Waals surface area (Å²) in [5.74, 6) is -0.532. The fraction of sp³-hybridized carbons (Fsp3) is 0.500. The second kappa shape index (κ2) is 3.91. The highest BCUT2D eigenvalue weighted by atomic mass is 79.9. The van der Waals surface area contributed by atoms with Crippen LogP contribution < -0.4 is 0 Å². The largest absolute Gasteiger partial charge is 0.476 e. The van der Waals surface area contributed by atoms with Crippen molar-refractivity contribution in [1.82, 2.24) is 9.55 Å². The monoisotopic (exact) mass is 246 g/mol. The first-order valence-electron chi connectivity index (χ1n) is 3.96. The van der Waals surface area contributed by atoms with Crippen molar-refractivity contribution in [3.05, 3.63) is 16.6 Å². The maximum absolute atomic E-state index is 10.6. The van der Waals surface area contributed by atoms with Gasteiger partial charge in [0, 0.05) is 12.7 Å². The number of nitrogens with zero attached hydrogens (tertiary/aromatic N) is 2. The average Bonchev–Trinajstić information content (AvgIpc) is 2.31. The molecule has 0 radical (unpaired) electrons. The third-order valence-electron chi connectivity index (χ3n) is 1.51. The Bertz CT molecular complexity index is 320. The molecule has 1 rings (SSSR count). The van der Waals surface area contributed by atoms with E-state index in [0.29, 0.717) is 10.7 Å². The summed E-state index contributed by atoms with van der Waals surface area (Å²) in [7, 11) is 0. The van der Waals surface area contributed by atoms with Crippen LogP contribution in [0.4, 0.5) is 0 Å². The van der Waals surface area contributed by atoms with Crippen LogP contribution in [0, 0.1) is 5.92 Å². The summed E-state index contributed by atoms with van der Waals surface area (Å²) in [6, 6.07) is 0. The van der Waals surface area contributed by atoms with Crippen LogP contribution in [0.5, 0.6) is 0 Å². The molecule has 1 aromatic rings. The van der Waals surface area contributed by atoms with Crippen LogP contribution in [0.15, 0.2) is 10.9 Å². The fourth-order valence-corrected chi connectivity index (χ4v) is 1.46. The molecule has 0 fully saturated rings. The summed E-state index contributed by atoms with van der Waals surface area (Å²) in [5.41, 5.74) is 0.0764. The molecule has 4 nitrogen and oxygen atoms in total. The number of rotatable bonds is 3. The van der Waals surface area contributed by atoms with Crippen LogP contribution in [0.25, 0.3) is 0 Å². The lowest BCUT2D eigenvalue weighted by Gasteiger charge is -2.05. The van der Waals surface area contributed by atoms with Gasteiger partial charge in [-0.15, -0.1) is 0 Å². The van der Waals surface area contributed by atoms with Gasteiger partial charge >= 0.3 is 5.97 Å². The van der Waals surface area contributed by atoms with Gasteiger partial charge in [-0.2, -0.15) is 0 Å². The standard InChI is InChI=1S/C8H11BrN2O2/c1-5(2)3-11-4-6(7(12)13)10-8(11)9/h4-5H,3H2,1-2H3,(H,12,13). The summed E-state index contributed by atoms with van der Waals surface area (Å²) < 4.78 is 2.35. The summed E-state index contributed by atoms with van der Waals surface area (Å²) in [6.07, 6.45) is 1.53. The van der Waals surface area contributed by atoms with Crippen molar-refractivity contribution >= 4 is 21.9 Å². The van der Waals surface area contributed by atoms with E-state index in [1.165, 1.54) is 6.20 Å². The number of hydrogen-bond acceptors (Lipinski definition) is 2. The highest BCUT2D eigenvalue weighted by Gasteiger charge is 2.11. The van der Waals surface area contributed by atoms with Gasteiger partial charge in [-0.3, -0.25) is 0 Å². The van der Waals surface area contributed by atoms with Gasteiger partial charge in [0.25, 0.3) is 0 Å². The summed E-state index contributed by atoms with van der Waals surface area (Å²) >= 11 is 3.20. The Kier molecular flexibility index (Phi) is 3.08. The van der Waals surface area contributed by atoms with Gasteiger partial charge in [-0.1, -0.05) is 13.8 Å². The first-order chi connectivity index (χ1) is 6.00. The number of imidazole rings is 1. The molecule has 0 saturated carbocycles. The van der Waals surface area contributed by atoms with Gasteiger partial charge in [0.05, 0.1) is 0 Å². The van der Waals surface area contributed by atoms with E-state index in [2.05, 4.69) is 34.8 Å². The molecule has 0 spiro atoms. The van der Waals surface area contributed by atoms with Gasteiger partial charge < -0.3 is 9.67 Å². The third kappa shape index (κ3) is 2.55.